The van der Waals surface area contributed by atoms with Crippen LogP contribution in [0.2, 0.25) is 0 Å². The number of alkyl halides is 2. The second kappa shape index (κ2) is 7.81. The van der Waals surface area contributed by atoms with Gasteiger partial charge in [-0.2, -0.15) is 8.78 Å². The quantitative estimate of drug-likeness (QED) is 0.670. The maximum atomic E-state index is 12.1. The number of pyridine rings is 1. The number of aryl methyl sites for hydroxylation is 1. The number of benzene rings is 1. The van der Waals surface area contributed by atoms with Gasteiger partial charge in [-0.05, 0) is 48.9 Å². The predicted octanol–water partition coefficient (Wildman–Crippen LogP) is 3.04. The summed E-state index contributed by atoms with van der Waals surface area (Å²) in [6, 6.07) is 9.03. The fraction of sp³-hybridized carbons (Fsp3) is 0.167. The summed E-state index contributed by atoms with van der Waals surface area (Å²) in [6.07, 6.45) is 3.28. The molecule has 140 valence electrons. The van der Waals surface area contributed by atoms with E-state index >= 15 is 0 Å². The number of fused-ring (bicyclic) bond motifs is 1. The molecule has 0 bridgehead atoms. The highest BCUT2D eigenvalue weighted by atomic mass is 19.3. The number of aromatic nitrogens is 2. The van der Waals surface area contributed by atoms with Gasteiger partial charge < -0.3 is 19.2 Å². The van der Waals surface area contributed by atoms with Crippen molar-refractivity contribution in [2.45, 2.75) is 13.5 Å². The highest BCUT2D eigenvalue weighted by molar-refractivity contribution is 5.95. The summed E-state index contributed by atoms with van der Waals surface area (Å²) in [6.45, 7) is -1.53. The third kappa shape index (κ3) is 4.78. The van der Waals surface area contributed by atoms with E-state index < -0.39 is 25.1 Å². The van der Waals surface area contributed by atoms with Crippen LogP contribution in [-0.4, -0.2) is 34.5 Å². The maximum Gasteiger partial charge on any atom is 0.387 e. The van der Waals surface area contributed by atoms with Crippen molar-refractivity contribution in [3.05, 3.63) is 60.0 Å². The summed E-state index contributed by atoms with van der Waals surface area (Å²) in [5, 5.41) is 2.48. The number of nitrogens with one attached hydrogen (secondary N) is 1. The summed E-state index contributed by atoms with van der Waals surface area (Å²) in [5.74, 6) is -1.34. The predicted molar refractivity (Wildman–Crippen MR) is 91.9 cm³/mol. The van der Waals surface area contributed by atoms with Gasteiger partial charge in [-0.15, -0.1) is 0 Å². The largest absolute Gasteiger partial charge is 0.451 e. The first-order valence-electron chi connectivity index (χ1n) is 7.88. The normalized spacial score (nSPS) is 10.8. The lowest BCUT2D eigenvalue weighted by Crippen LogP contribution is -2.21. The number of nitrogens with zero attached hydrogens (tertiary/aromatic N) is 2. The van der Waals surface area contributed by atoms with Crippen LogP contribution in [0.4, 0.5) is 14.5 Å². The Kier molecular flexibility index (Phi) is 5.30. The molecule has 0 radical (unpaired) electrons. The molecule has 2 aromatic heterocycles. The monoisotopic (exact) mass is 375 g/mol. The third-order valence-electron chi connectivity index (χ3n) is 3.52. The second-order valence-corrected chi connectivity index (χ2v) is 5.62. The fourth-order valence-corrected chi connectivity index (χ4v) is 2.30. The van der Waals surface area contributed by atoms with Gasteiger partial charge in [0.1, 0.15) is 11.4 Å². The molecule has 0 aliphatic rings. The van der Waals surface area contributed by atoms with Gasteiger partial charge in [-0.3, -0.25) is 4.79 Å². The van der Waals surface area contributed by atoms with E-state index in [1.54, 1.807) is 10.6 Å². The lowest BCUT2D eigenvalue weighted by Gasteiger charge is -2.07. The molecule has 1 amide bonds. The molecule has 2 heterocycles. The number of halogens is 2. The van der Waals surface area contributed by atoms with E-state index in [4.69, 9.17) is 4.74 Å². The van der Waals surface area contributed by atoms with Crippen LogP contribution < -0.4 is 10.1 Å². The van der Waals surface area contributed by atoms with E-state index in [0.717, 1.165) is 5.56 Å². The molecule has 0 aliphatic carbocycles. The topological polar surface area (TPSA) is 81.9 Å². The van der Waals surface area contributed by atoms with Crippen LogP contribution in [0, 0.1) is 6.92 Å². The number of rotatable bonds is 6. The summed E-state index contributed by atoms with van der Waals surface area (Å²) < 4.78 is 35.0. The van der Waals surface area contributed by atoms with Crippen molar-refractivity contribution in [3.8, 4) is 5.75 Å². The van der Waals surface area contributed by atoms with Gasteiger partial charge in [-0.25, -0.2) is 9.78 Å². The van der Waals surface area contributed by atoms with Crippen molar-refractivity contribution in [1.29, 1.82) is 0 Å². The van der Waals surface area contributed by atoms with Gasteiger partial charge in [0.25, 0.3) is 5.91 Å². The number of hydrogen-bond donors (Lipinski definition) is 1. The molecular formula is C18H15F2N3O4. The fourth-order valence-electron chi connectivity index (χ4n) is 2.30. The van der Waals surface area contributed by atoms with E-state index in [1.807, 2.05) is 19.1 Å². The van der Waals surface area contributed by atoms with Crippen LogP contribution in [0.3, 0.4) is 0 Å². The molecule has 0 atom stereocenters. The Hall–Kier alpha value is -3.49. The van der Waals surface area contributed by atoms with Crippen molar-refractivity contribution in [2.24, 2.45) is 0 Å². The Morgan fingerprint density at radius 2 is 1.96 bits per heavy atom. The van der Waals surface area contributed by atoms with Crippen LogP contribution >= 0.6 is 0 Å². The Bertz CT molecular complexity index is 970. The van der Waals surface area contributed by atoms with Gasteiger partial charge in [0.2, 0.25) is 0 Å². The number of carbonyl (C=O) groups is 2. The Morgan fingerprint density at radius 1 is 1.22 bits per heavy atom. The van der Waals surface area contributed by atoms with Crippen molar-refractivity contribution in [3.63, 3.8) is 0 Å². The molecule has 0 saturated heterocycles. The second-order valence-electron chi connectivity index (χ2n) is 5.62. The molecule has 0 fully saturated rings. The van der Waals surface area contributed by atoms with E-state index in [0.29, 0.717) is 11.3 Å². The third-order valence-corrected chi connectivity index (χ3v) is 3.52. The van der Waals surface area contributed by atoms with Gasteiger partial charge in [0.15, 0.2) is 12.3 Å². The zero-order chi connectivity index (χ0) is 19.4. The van der Waals surface area contributed by atoms with Crippen LogP contribution in [0.1, 0.15) is 16.1 Å². The molecular weight excluding hydrogens is 360 g/mol. The lowest BCUT2D eigenvalue weighted by molar-refractivity contribution is -0.119. The van der Waals surface area contributed by atoms with Crippen LogP contribution in [0.5, 0.6) is 5.75 Å². The molecule has 0 unspecified atom stereocenters. The minimum atomic E-state index is -2.92. The molecule has 27 heavy (non-hydrogen) atoms. The van der Waals surface area contributed by atoms with Crippen molar-refractivity contribution in [1.82, 2.24) is 9.38 Å². The van der Waals surface area contributed by atoms with Crippen molar-refractivity contribution < 1.29 is 27.8 Å². The average Bonchev–Trinajstić information content (AvgIpc) is 3.04. The SMILES string of the molecule is Cc1ccn2cc(C(=O)OCC(=O)Nc3ccc(OC(F)F)cc3)nc2c1. The summed E-state index contributed by atoms with van der Waals surface area (Å²) in [4.78, 5) is 28.1. The highest BCUT2D eigenvalue weighted by Gasteiger charge is 2.14. The van der Waals surface area contributed by atoms with Crippen LogP contribution in [0.25, 0.3) is 5.65 Å². The molecule has 1 aromatic carbocycles. The van der Waals surface area contributed by atoms with Crippen molar-refractivity contribution >= 4 is 23.2 Å². The van der Waals surface area contributed by atoms with Gasteiger partial charge in [0.05, 0.1) is 0 Å². The maximum absolute atomic E-state index is 12.1. The number of ether oxygens (including phenoxy) is 2. The van der Waals surface area contributed by atoms with Crippen LogP contribution in [0.15, 0.2) is 48.8 Å². The van der Waals surface area contributed by atoms with Gasteiger partial charge >= 0.3 is 12.6 Å². The van der Waals surface area contributed by atoms with Crippen LogP contribution in [-0.2, 0) is 9.53 Å². The molecule has 9 heteroatoms. The number of anilines is 1. The molecule has 1 N–H and O–H groups in total. The summed E-state index contributed by atoms with van der Waals surface area (Å²) >= 11 is 0. The van der Waals surface area contributed by atoms with E-state index in [9.17, 15) is 18.4 Å². The Balaban J connectivity index is 1.54. The highest BCUT2D eigenvalue weighted by Crippen LogP contribution is 2.17. The number of esters is 1. The first-order valence-corrected chi connectivity index (χ1v) is 7.88. The van der Waals surface area contributed by atoms with E-state index in [2.05, 4.69) is 15.0 Å². The molecule has 7 nitrogen and oxygen atoms in total. The zero-order valence-electron chi connectivity index (χ0n) is 14.2. The molecule has 0 spiro atoms. The number of imidazole rings is 1. The first-order chi connectivity index (χ1) is 12.9. The van der Waals surface area contributed by atoms with Gasteiger partial charge in [0, 0.05) is 18.1 Å². The van der Waals surface area contributed by atoms with E-state index in [-0.39, 0.29) is 11.4 Å². The minimum absolute atomic E-state index is 0.0310. The average molecular weight is 375 g/mol. The number of hydrogen-bond acceptors (Lipinski definition) is 5. The van der Waals surface area contributed by atoms with E-state index in [1.165, 1.54) is 30.5 Å². The van der Waals surface area contributed by atoms with Gasteiger partial charge in [-0.1, -0.05) is 0 Å². The molecule has 3 rings (SSSR count). The first kappa shape index (κ1) is 18.3. The Labute approximate surface area is 152 Å². The number of amides is 1. The summed E-state index contributed by atoms with van der Waals surface area (Å²) in [7, 11) is 0. The summed E-state index contributed by atoms with van der Waals surface area (Å²) in [5.41, 5.74) is 2.03. The minimum Gasteiger partial charge on any atom is -0.451 e. The molecule has 0 aliphatic heterocycles. The lowest BCUT2D eigenvalue weighted by atomic mass is 10.3. The smallest absolute Gasteiger partial charge is 0.387 e. The standard InChI is InChI=1S/C18H15F2N3O4/c1-11-6-7-23-9-14(22-15(23)8-11)17(25)26-10-16(24)21-12-2-4-13(5-3-12)27-18(19)20/h2-9,18H,10H2,1H3,(H,21,24). The molecule has 3 aromatic rings. The Morgan fingerprint density at radius 3 is 2.67 bits per heavy atom. The molecule has 0 saturated carbocycles. The zero-order valence-corrected chi connectivity index (χ0v) is 14.2. The van der Waals surface area contributed by atoms with Crippen molar-refractivity contribution in [2.75, 3.05) is 11.9 Å². The number of carbonyl (C=O) groups excluding carboxylic acids is 2.